The van der Waals surface area contributed by atoms with Crippen molar-refractivity contribution in [2.24, 2.45) is 0 Å². The van der Waals surface area contributed by atoms with Crippen molar-refractivity contribution in [1.29, 1.82) is 0 Å². The van der Waals surface area contributed by atoms with E-state index in [2.05, 4.69) is 16.8 Å². The smallest absolute Gasteiger partial charge is 0.128 e. The average Bonchev–Trinajstić information content (AvgIpc) is 2.46. The summed E-state index contributed by atoms with van der Waals surface area (Å²) in [5.41, 5.74) is 1.55. The lowest BCUT2D eigenvalue weighted by molar-refractivity contribution is 0.304. The topological polar surface area (TPSA) is 22.1 Å². The van der Waals surface area contributed by atoms with Crippen LogP contribution in [0.2, 0.25) is 0 Å². The molecule has 0 aliphatic carbocycles. The molecule has 0 atom stereocenters. The highest BCUT2D eigenvalue weighted by atomic mass is 35.5. The summed E-state index contributed by atoms with van der Waals surface area (Å²) in [5, 5.41) is 0. The normalized spacial score (nSPS) is 9.70. The van der Waals surface area contributed by atoms with Gasteiger partial charge in [-0.1, -0.05) is 11.8 Å². The van der Waals surface area contributed by atoms with Crippen molar-refractivity contribution in [3.05, 3.63) is 59.7 Å². The number of rotatable bonds is 4. The van der Waals surface area contributed by atoms with Gasteiger partial charge in [-0.2, -0.15) is 0 Å². The Balaban J connectivity index is 2.06. The summed E-state index contributed by atoms with van der Waals surface area (Å²) in [5.74, 6) is 6.28. The number of halogens is 2. The van der Waals surface area contributed by atoms with Crippen LogP contribution < -0.4 is 4.74 Å². The molecule has 0 fully saturated rings. The van der Waals surface area contributed by atoms with Crippen LogP contribution in [-0.2, 0) is 6.61 Å². The quantitative estimate of drug-likeness (QED) is 0.631. The molecule has 2 nitrogen and oxygen atoms in total. The van der Waals surface area contributed by atoms with E-state index in [1.165, 1.54) is 12.1 Å². The minimum Gasteiger partial charge on any atom is -0.489 e. The SMILES string of the molecule is Fc1cc(C#CCCCl)cc(OCc2ccncc2)c1. The van der Waals surface area contributed by atoms with Crippen molar-refractivity contribution in [2.45, 2.75) is 13.0 Å². The Morgan fingerprint density at radius 2 is 2.00 bits per heavy atom. The fourth-order valence-corrected chi connectivity index (χ4v) is 1.67. The van der Waals surface area contributed by atoms with Crippen molar-refractivity contribution in [3.63, 3.8) is 0 Å². The van der Waals surface area contributed by atoms with Crippen LogP contribution in [0.5, 0.6) is 5.75 Å². The molecule has 1 heterocycles. The summed E-state index contributed by atoms with van der Waals surface area (Å²) in [6.45, 7) is 0.362. The maximum Gasteiger partial charge on any atom is 0.128 e. The predicted molar refractivity (Wildman–Crippen MR) is 77.2 cm³/mol. The molecular formula is C16H13ClFNO. The molecular weight excluding hydrogens is 277 g/mol. The van der Waals surface area contributed by atoms with Crippen molar-refractivity contribution >= 4 is 11.6 Å². The summed E-state index contributed by atoms with van der Waals surface area (Å²) >= 11 is 5.54. The highest BCUT2D eigenvalue weighted by molar-refractivity contribution is 6.18. The minimum atomic E-state index is -0.368. The monoisotopic (exact) mass is 289 g/mol. The van der Waals surface area contributed by atoms with Crippen LogP contribution in [0.1, 0.15) is 17.5 Å². The van der Waals surface area contributed by atoms with Gasteiger partial charge in [-0.3, -0.25) is 4.98 Å². The van der Waals surface area contributed by atoms with E-state index in [-0.39, 0.29) is 5.82 Å². The zero-order valence-corrected chi connectivity index (χ0v) is 11.5. The first-order chi connectivity index (χ1) is 9.78. The van der Waals surface area contributed by atoms with E-state index in [1.54, 1.807) is 18.5 Å². The fraction of sp³-hybridized carbons (Fsp3) is 0.188. The third-order valence-electron chi connectivity index (χ3n) is 2.48. The molecule has 2 aromatic rings. The fourth-order valence-electron chi connectivity index (χ4n) is 1.58. The van der Waals surface area contributed by atoms with E-state index < -0.39 is 0 Å². The number of alkyl halides is 1. The zero-order chi connectivity index (χ0) is 14.2. The largest absolute Gasteiger partial charge is 0.489 e. The minimum absolute atomic E-state index is 0.362. The summed E-state index contributed by atoms with van der Waals surface area (Å²) in [4.78, 5) is 3.93. The number of pyridine rings is 1. The Morgan fingerprint density at radius 3 is 2.75 bits per heavy atom. The lowest BCUT2D eigenvalue weighted by Crippen LogP contribution is -1.96. The Bertz CT molecular complexity index is 619. The number of benzene rings is 1. The molecule has 0 aliphatic rings. The zero-order valence-electron chi connectivity index (χ0n) is 10.8. The first kappa shape index (κ1) is 14.4. The summed E-state index contributed by atoms with van der Waals surface area (Å²) in [6.07, 6.45) is 3.95. The Hall–Kier alpha value is -2.05. The third kappa shape index (κ3) is 4.56. The maximum atomic E-state index is 13.5. The Kier molecular flexibility index (Phi) is 5.40. The number of nitrogens with zero attached hydrogens (tertiary/aromatic N) is 1. The van der Waals surface area contributed by atoms with Gasteiger partial charge in [0, 0.05) is 36.3 Å². The molecule has 0 amide bonds. The molecule has 0 aliphatic heterocycles. The van der Waals surface area contributed by atoms with E-state index >= 15 is 0 Å². The lowest BCUT2D eigenvalue weighted by Gasteiger charge is -2.06. The molecule has 0 N–H and O–H groups in total. The molecule has 1 aromatic heterocycles. The Labute approximate surface area is 122 Å². The van der Waals surface area contributed by atoms with Gasteiger partial charge in [0.2, 0.25) is 0 Å². The van der Waals surface area contributed by atoms with Gasteiger partial charge in [0.15, 0.2) is 0 Å². The van der Waals surface area contributed by atoms with Crippen LogP contribution >= 0.6 is 11.6 Å². The molecule has 0 spiro atoms. The average molecular weight is 290 g/mol. The Morgan fingerprint density at radius 1 is 1.20 bits per heavy atom. The number of hydrogen-bond acceptors (Lipinski definition) is 2. The molecule has 1 aromatic carbocycles. The van der Waals surface area contributed by atoms with Gasteiger partial charge in [0.25, 0.3) is 0 Å². The lowest BCUT2D eigenvalue weighted by atomic mass is 10.2. The van der Waals surface area contributed by atoms with Gasteiger partial charge in [0.1, 0.15) is 18.2 Å². The van der Waals surface area contributed by atoms with Crippen molar-refractivity contribution in [2.75, 3.05) is 5.88 Å². The van der Waals surface area contributed by atoms with Crippen molar-refractivity contribution < 1.29 is 9.13 Å². The highest BCUT2D eigenvalue weighted by Crippen LogP contribution is 2.17. The van der Waals surface area contributed by atoms with Gasteiger partial charge in [-0.05, 0) is 29.8 Å². The molecule has 4 heteroatoms. The number of ether oxygens (including phenoxy) is 1. The molecule has 20 heavy (non-hydrogen) atoms. The first-order valence-electron chi connectivity index (χ1n) is 6.15. The van der Waals surface area contributed by atoms with Gasteiger partial charge in [-0.25, -0.2) is 4.39 Å². The second-order valence-electron chi connectivity index (χ2n) is 4.06. The van der Waals surface area contributed by atoms with Crippen molar-refractivity contribution in [1.82, 2.24) is 4.98 Å². The molecule has 0 bridgehead atoms. The number of aromatic nitrogens is 1. The van der Waals surface area contributed by atoms with Gasteiger partial charge in [-0.15, -0.1) is 11.6 Å². The highest BCUT2D eigenvalue weighted by Gasteiger charge is 2.01. The predicted octanol–water partition coefficient (Wildman–Crippen LogP) is 3.78. The van der Waals surface area contributed by atoms with Crippen LogP contribution in [0.15, 0.2) is 42.7 Å². The van der Waals surface area contributed by atoms with Crippen LogP contribution in [0.25, 0.3) is 0 Å². The van der Waals surface area contributed by atoms with Crippen molar-refractivity contribution in [3.8, 4) is 17.6 Å². The van der Waals surface area contributed by atoms with Crippen LogP contribution in [-0.4, -0.2) is 10.9 Å². The molecule has 0 saturated carbocycles. The third-order valence-corrected chi connectivity index (χ3v) is 2.67. The van der Waals surface area contributed by atoms with Gasteiger partial charge < -0.3 is 4.74 Å². The molecule has 0 saturated heterocycles. The van der Waals surface area contributed by atoms with Crippen LogP contribution in [0.4, 0.5) is 4.39 Å². The van der Waals surface area contributed by atoms with E-state index in [4.69, 9.17) is 16.3 Å². The van der Waals surface area contributed by atoms with E-state index in [0.29, 0.717) is 30.2 Å². The number of hydrogen-bond donors (Lipinski definition) is 0. The first-order valence-corrected chi connectivity index (χ1v) is 6.68. The summed E-state index contributed by atoms with van der Waals surface area (Å²) < 4.78 is 19.0. The molecule has 0 unspecified atom stereocenters. The van der Waals surface area contributed by atoms with E-state index in [0.717, 1.165) is 5.56 Å². The summed E-state index contributed by atoms with van der Waals surface area (Å²) in [7, 11) is 0. The second kappa shape index (κ2) is 7.52. The second-order valence-corrected chi connectivity index (χ2v) is 4.44. The van der Waals surface area contributed by atoms with Gasteiger partial charge in [0.05, 0.1) is 0 Å². The molecule has 0 radical (unpaired) electrons. The summed E-state index contributed by atoms with van der Waals surface area (Å²) in [6, 6.07) is 8.13. The van der Waals surface area contributed by atoms with Crippen LogP contribution in [0.3, 0.4) is 0 Å². The standard InChI is InChI=1S/C16H13ClFNO/c17-6-2-1-3-14-9-15(18)11-16(10-14)20-12-13-4-7-19-8-5-13/h4-5,7-11H,2,6,12H2. The molecule has 2 rings (SSSR count). The van der Waals surface area contributed by atoms with Gasteiger partial charge >= 0.3 is 0 Å². The van der Waals surface area contributed by atoms with Crippen LogP contribution in [0, 0.1) is 17.7 Å². The van der Waals surface area contributed by atoms with E-state index in [1.807, 2.05) is 12.1 Å². The maximum absolute atomic E-state index is 13.5. The van der Waals surface area contributed by atoms with E-state index in [9.17, 15) is 4.39 Å². The molecule has 102 valence electrons.